The number of amides is 1. The number of hydrogen-bond acceptors (Lipinski definition) is 5. The molecule has 3 rings (SSSR count). The molecule has 2 aliphatic rings. The van der Waals surface area contributed by atoms with Gasteiger partial charge in [0.1, 0.15) is 6.04 Å². The van der Waals surface area contributed by atoms with Crippen LogP contribution in [0, 0.1) is 0 Å². The van der Waals surface area contributed by atoms with Crippen molar-refractivity contribution in [1.82, 2.24) is 10.3 Å². The van der Waals surface area contributed by atoms with Crippen LogP contribution in [0.5, 0.6) is 0 Å². The van der Waals surface area contributed by atoms with E-state index in [2.05, 4.69) is 16.9 Å². The van der Waals surface area contributed by atoms with E-state index in [-0.39, 0.29) is 11.6 Å². The molecule has 0 spiro atoms. The van der Waals surface area contributed by atoms with Gasteiger partial charge in [0.05, 0.1) is 11.3 Å². The number of halogens is 6. The maximum atomic E-state index is 12.8. The van der Waals surface area contributed by atoms with Crippen LogP contribution in [0.1, 0.15) is 5.56 Å². The maximum Gasteiger partial charge on any atom is 0.490 e. The first-order chi connectivity index (χ1) is 12.9. The first-order valence-corrected chi connectivity index (χ1v) is 7.68. The van der Waals surface area contributed by atoms with Gasteiger partial charge in [-0.1, -0.05) is 6.58 Å². The first kappa shape index (κ1) is 21.5. The van der Waals surface area contributed by atoms with Crippen LogP contribution in [0.4, 0.5) is 37.8 Å². The number of carbonyl (C=O) groups is 2. The van der Waals surface area contributed by atoms with Crippen LogP contribution in [0.25, 0.3) is 0 Å². The van der Waals surface area contributed by atoms with E-state index < -0.39 is 29.9 Å². The smallest absolute Gasteiger partial charge is 0.475 e. The first-order valence-electron chi connectivity index (χ1n) is 7.68. The number of carboxylic acids is 1. The summed E-state index contributed by atoms with van der Waals surface area (Å²) in [4.78, 5) is 28.1. The Bertz CT molecular complexity index is 780. The van der Waals surface area contributed by atoms with Crippen molar-refractivity contribution in [2.45, 2.75) is 18.4 Å². The number of alkyl halides is 6. The number of carbonyl (C=O) groups excluding carboxylic acids is 1. The van der Waals surface area contributed by atoms with Gasteiger partial charge in [-0.2, -0.15) is 26.3 Å². The quantitative estimate of drug-likeness (QED) is 0.687. The van der Waals surface area contributed by atoms with Gasteiger partial charge in [0.15, 0.2) is 5.82 Å². The standard InChI is InChI=1S/C13H13F3N4O.C2HF3O2/c1-2-19-9-5-8(13(14,15)16)6-18-11(9)20-4-3-17-7-10(20)12(19)21;3-2(4,5)1(6)7/h2,5-6,10,17H,1,3-4,7H2;(H,6,7). The Hall–Kier alpha value is -2.83. The normalized spacial score (nSPS) is 19.2. The molecule has 0 aliphatic carbocycles. The van der Waals surface area contributed by atoms with Gasteiger partial charge in [-0.15, -0.1) is 0 Å². The summed E-state index contributed by atoms with van der Waals surface area (Å²) in [6, 6.07) is 0.480. The highest BCUT2D eigenvalue weighted by atomic mass is 19.4. The molecule has 0 bridgehead atoms. The Labute approximate surface area is 154 Å². The van der Waals surface area contributed by atoms with E-state index in [1.807, 2.05) is 0 Å². The number of aromatic nitrogens is 1. The van der Waals surface area contributed by atoms with Gasteiger partial charge < -0.3 is 15.3 Å². The lowest BCUT2D eigenvalue weighted by Gasteiger charge is -2.43. The maximum absolute atomic E-state index is 12.8. The zero-order chi connectivity index (χ0) is 21.3. The summed E-state index contributed by atoms with van der Waals surface area (Å²) in [7, 11) is 0. The van der Waals surface area contributed by atoms with Crippen molar-refractivity contribution in [2.75, 3.05) is 29.4 Å². The number of hydrogen-bond donors (Lipinski definition) is 2. The SMILES string of the molecule is C=CN1C(=O)C2CNCCN2c2ncc(C(F)(F)F)cc21.O=C(O)C(F)(F)F. The molecular weight excluding hydrogens is 398 g/mol. The van der Waals surface area contributed by atoms with Gasteiger partial charge in [-0.3, -0.25) is 9.69 Å². The summed E-state index contributed by atoms with van der Waals surface area (Å²) in [6.45, 7) is 5.13. The Balaban J connectivity index is 0.000000345. The van der Waals surface area contributed by atoms with Gasteiger partial charge in [-0.25, -0.2) is 9.78 Å². The fourth-order valence-electron chi connectivity index (χ4n) is 2.65. The summed E-state index contributed by atoms with van der Waals surface area (Å²) in [6.07, 6.45) is -7.55. The number of aliphatic carboxylic acids is 1. The molecule has 28 heavy (non-hydrogen) atoms. The lowest BCUT2D eigenvalue weighted by atomic mass is 10.1. The van der Waals surface area contributed by atoms with Crippen molar-refractivity contribution in [3.05, 3.63) is 30.6 Å². The minimum absolute atomic E-state index is 0.128. The highest BCUT2D eigenvalue weighted by Crippen LogP contribution is 2.39. The van der Waals surface area contributed by atoms with Crippen molar-refractivity contribution in [1.29, 1.82) is 0 Å². The monoisotopic (exact) mass is 412 g/mol. The van der Waals surface area contributed by atoms with Crippen molar-refractivity contribution in [3.63, 3.8) is 0 Å². The second-order valence-corrected chi connectivity index (χ2v) is 5.67. The molecule has 1 amide bonds. The Morgan fingerprint density at radius 2 is 1.93 bits per heavy atom. The van der Waals surface area contributed by atoms with E-state index in [9.17, 15) is 31.1 Å². The van der Waals surface area contributed by atoms with Gasteiger partial charge in [0, 0.05) is 32.0 Å². The molecule has 3 heterocycles. The predicted octanol–water partition coefficient (Wildman–Crippen LogP) is 2.00. The third-order valence-corrected chi connectivity index (χ3v) is 3.90. The number of fused-ring (bicyclic) bond motifs is 3. The van der Waals surface area contributed by atoms with Gasteiger partial charge >= 0.3 is 18.3 Å². The molecule has 1 saturated heterocycles. The molecule has 7 nitrogen and oxygen atoms in total. The Morgan fingerprint density at radius 3 is 2.43 bits per heavy atom. The van der Waals surface area contributed by atoms with Gasteiger partial charge in [-0.05, 0) is 6.07 Å². The highest BCUT2D eigenvalue weighted by Gasteiger charge is 2.41. The Morgan fingerprint density at radius 1 is 1.32 bits per heavy atom. The second-order valence-electron chi connectivity index (χ2n) is 5.67. The van der Waals surface area contributed by atoms with Crippen LogP contribution >= 0.6 is 0 Å². The molecule has 1 aromatic rings. The van der Waals surface area contributed by atoms with Crippen LogP contribution in [-0.2, 0) is 15.8 Å². The molecule has 154 valence electrons. The number of carboxylic acid groups (broad SMARTS) is 1. The van der Waals surface area contributed by atoms with E-state index in [0.717, 1.165) is 17.2 Å². The van der Waals surface area contributed by atoms with Crippen LogP contribution in [0.3, 0.4) is 0 Å². The molecule has 1 unspecified atom stereocenters. The average Bonchev–Trinajstić information content (AvgIpc) is 2.61. The zero-order valence-electron chi connectivity index (χ0n) is 14.0. The van der Waals surface area contributed by atoms with Crippen LogP contribution in [0.15, 0.2) is 25.0 Å². The summed E-state index contributed by atoms with van der Waals surface area (Å²) in [5.74, 6) is -2.67. The molecule has 1 fully saturated rings. The second kappa shape index (κ2) is 7.66. The largest absolute Gasteiger partial charge is 0.490 e. The van der Waals surface area contributed by atoms with E-state index >= 15 is 0 Å². The molecule has 1 atom stereocenters. The molecule has 0 radical (unpaired) electrons. The Kier molecular flexibility index (Phi) is 5.87. The molecule has 0 aromatic carbocycles. The topological polar surface area (TPSA) is 85.8 Å². The molecule has 0 saturated carbocycles. The predicted molar refractivity (Wildman–Crippen MR) is 84.6 cm³/mol. The minimum Gasteiger partial charge on any atom is -0.475 e. The third kappa shape index (κ3) is 4.35. The van der Waals surface area contributed by atoms with Crippen molar-refractivity contribution in [3.8, 4) is 0 Å². The fourth-order valence-corrected chi connectivity index (χ4v) is 2.65. The number of anilines is 2. The molecule has 2 N–H and O–H groups in total. The summed E-state index contributed by atoms with van der Waals surface area (Å²) in [5.41, 5.74) is -0.752. The third-order valence-electron chi connectivity index (χ3n) is 3.90. The van der Waals surface area contributed by atoms with Crippen molar-refractivity contribution < 1.29 is 41.0 Å². The van der Waals surface area contributed by atoms with E-state index in [0.29, 0.717) is 25.5 Å². The highest BCUT2D eigenvalue weighted by molar-refractivity contribution is 6.06. The van der Waals surface area contributed by atoms with Crippen molar-refractivity contribution in [2.24, 2.45) is 0 Å². The molecule has 13 heteroatoms. The number of pyridine rings is 1. The van der Waals surface area contributed by atoms with E-state index in [4.69, 9.17) is 9.90 Å². The molecular formula is C15H14F6N4O3. The van der Waals surface area contributed by atoms with Gasteiger partial charge in [0.2, 0.25) is 0 Å². The van der Waals surface area contributed by atoms with Crippen LogP contribution in [0.2, 0.25) is 0 Å². The molecule has 1 aromatic heterocycles. The van der Waals surface area contributed by atoms with Crippen LogP contribution in [-0.4, -0.2) is 53.8 Å². The number of nitrogens with one attached hydrogen (secondary N) is 1. The molecule has 2 aliphatic heterocycles. The van der Waals surface area contributed by atoms with Crippen molar-refractivity contribution >= 4 is 23.4 Å². The average molecular weight is 412 g/mol. The lowest BCUT2D eigenvalue weighted by Crippen LogP contribution is -2.61. The number of piperazine rings is 1. The fraction of sp³-hybridized carbons (Fsp3) is 0.400. The number of rotatable bonds is 1. The van der Waals surface area contributed by atoms with Crippen LogP contribution < -0.4 is 15.1 Å². The lowest BCUT2D eigenvalue weighted by molar-refractivity contribution is -0.192. The summed E-state index contributed by atoms with van der Waals surface area (Å²) < 4.78 is 70.2. The zero-order valence-corrected chi connectivity index (χ0v) is 14.0. The van der Waals surface area contributed by atoms with E-state index in [1.165, 1.54) is 6.20 Å². The summed E-state index contributed by atoms with van der Waals surface area (Å²) in [5, 5.41) is 10.2. The summed E-state index contributed by atoms with van der Waals surface area (Å²) >= 11 is 0. The minimum atomic E-state index is -5.08. The number of nitrogens with zero attached hydrogens (tertiary/aromatic N) is 3. The van der Waals surface area contributed by atoms with Gasteiger partial charge in [0.25, 0.3) is 5.91 Å². The van der Waals surface area contributed by atoms with E-state index in [1.54, 1.807) is 4.90 Å².